The van der Waals surface area contributed by atoms with E-state index in [1.54, 1.807) is 0 Å². The third kappa shape index (κ3) is 4.51. The normalized spacial score (nSPS) is 19.1. The number of hydrogen-bond acceptors (Lipinski definition) is 4. The van der Waals surface area contributed by atoms with Crippen LogP contribution in [0.4, 0.5) is 5.82 Å². The number of rotatable bonds is 5. The molecule has 5 heteroatoms. The molecule has 2 aromatic heterocycles. The van der Waals surface area contributed by atoms with Gasteiger partial charge in [-0.15, -0.1) is 0 Å². The first-order valence-corrected chi connectivity index (χ1v) is 11.9. The predicted octanol–water partition coefficient (Wildman–Crippen LogP) is 5.64. The number of benzene rings is 1. The number of hydrogen-bond donors (Lipinski definition) is 1. The van der Waals surface area contributed by atoms with Crippen molar-refractivity contribution in [3.63, 3.8) is 0 Å². The van der Waals surface area contributed by atoms with Crippen LogP contribution in [0.1, 0.15) is 63.3 Å². The van der Waals surface area contributed by atoms with E-state index in [0.29, 0.717) is 5.41 Å². The van der Waals surface area contributed by atoms with E-state index in [-0.39, 0.29) is 0 Å². The maximum absolute atomic E-state index is 4.76. The quantitative estimate of drug-likeness (QED) is 0.585. The second kappa shape index (κ2) is 8.81. The van der Waals surface area contributed by atoms with Crippen molar-refractivity contribution in [2.45, 2.75) is 58.3 Å². The highest BCUT2D eigenvalue weighted by atomic mass is 15.2. The zero-order valence-corrected chi connectivity index (χ0v) is 18.6. The summed E-state index contributed by atoms with van der Waals surface area (Å²) in [5.41, 5.74) is 2.80. The van der Waals surface area contributed by atoms with Gasteiger partial charge in [-0.25, -0.2) is 9.97 Å². The van der Waals surface area contributed by atoms with Gasteiger partial charge in [0.05, 0.1) is 0 Å². The summed E-state index contributed by atoms with van der Waals surface area (Å²) in [6.45, 7) is 4.61. The van der Waals surface area contributed by atoms with E-state index in [0.717, 1.165) is 48.5 Å². The molecule has 2 aliphatic rings. The van der Waals surface area contributed by atoms with Crippen molar-refractivity contribution in [1.82, 2.24) is 20.2 Å². The first-order chi connectivity index (χ1) is 15.2. The molecule has 31 heavy (non-hydrogen) atoms. The van der Waals surface area contributed by atoms with Gasteiger partial charge < -0.3 is 4.90 Å². The van der Waals surface area contributed by atoms with Crippen LogP contribution in [0.2, 0.25) is 0 Å². The summed E-state index contributed by atoms with van der Waals surface area (Å²) < 4.78 is 0. The number of nitrogens with zero attached hydrogens (tertiary/aromatic N) is 4. The molecular weight excluding hydrogens is 382 g/mol. The highest BCUT2D eigenvalue weighted by Crippen LogP contribution is 2.47. The molecule has 0 unspecified atom stereocenters. The molecule has 1 aromatic carbocycles. The fourth-order valence-electron chi connectivity index (χ4n) is 5.41. The zero-order valence-electron chi connectivity index (χ0n) is 18.6. The molecule has 0 radical (unpaired) electrons. The molecule has 3 heterocycles. The lowest BCUT2D eigenvalue weighted by molar-refractivity contribution is 0.112. The molecule has 1 aliphatic carbocycles. The Hall–Kier alpha value is -2.69. The Morgan fingerprint density at radius 3 is 2.45 bits per heavy atom. The smallest absolute Gasteiger partial charge is 0.182 e. The van der Waals surface area contributed by atoms with Gasteiger partial charge in [0.15, 0.2) is 5.82 Å². The summed E-state index contributed by atoms with van der Waals surface area (Å²) in [4.78, 5) is 11.9. The summed E-state index contributed by atoms with van der Waals surface area (Å²) in [6.07, 6.45) is 12.4. The van der Waals surface area contributed by atoms with Crippen molar-refractivity contribution < 1.29 is 0 Å². The van der Waals surface area contributed by atoms with Crippen molar-refractivity contribution in [2.24, 2.45) is 11.3 Å². The third-order valence-corrected chi connectivity index (χ3v) is 7.64. The SMILES string of the molecule is CCC1CCC2(CC1)CCN(c1ccc(-c3n[nH]c(Cc4ccccc4)n3)cn1)CC2. The second-order valence-electron chi connectivity index (χ2n) is 9.51. The Morgan fingerprint density at radius 1 is 1.00 bits per heavy atom. The third-order valence-electron chi connectivity index (χ3n) is 7.64. The fraction of sp³-hybridized carbons (Fsp3) is 0.500. The molecule has 1 saturated carbocycles. The molecule has 1 N–H and O–H groups in total. The molecular formula is C26H33N5. The molecule has 5 rings (SSSR count). The van der Waals surface area contributed by atoms with E-state index in [2.05, 4.69) is 51.3 Å². The van der Waals surface area contributed by atoms with E-state index in [4.69, 9.17) is 4.98 Å². The van der Waals surface area contributed by atoms with E-state index in [1.165, 1.54) is 50.5 Å². The Balaban J connectivity index is 1.19. The van der Waals surface area contributed by atoms with Gasteiger partial charge in [-0.1, -0.05) is 43.7 Å². The van der Waals surface area contributed by atoms with Crippen LogP contribution >= 0.6 is 0 Å². The fourth-order valence-corrected chi connectivity index (χ4v) is 5.41. The Labute approximate surface area is 185 Å². The summed E-state index contributed by atoms with van der Waals surface area (Å²) in [5, 5.41) is 7.48. The van der Waals surface area contributed by atoms with Gasteiger partial charge in [0.2, 0.25) is 0 Å². The number of nitrogens with one attached hydrogen (secondary N) is 1. The molecule has 1 saturated heterocycles. The topological polar surface area (TPSA) is 57.7 Å². The van der Waals surface area contributed by atoms with Crippen molar-refractivity contribution in [1.29, 1.82) is 0 Å². The average molecular weight is 416 g/mol. The summed E-state index contributed by atoms with van der Waals surface area (Å²) >= 11 is 0. The summed E-state index contributed by atoms with van der Waals surface area (Å²) in [6, 6.07) is 14.6. The van der Waals surface area contributed by atoms with E-state index in [9.17, 15) is 0 Å². The van der Waals surface area contributed by atoms with Crippen molar-refractivity contribution >= 4 is 5.82 Å². The van der Waals surface area contributed by atoms with Crippen molar-refractivity contribution in [3.05, 3.63) is 60.0 Å². The predicted molar refractivity (Wildman–Crippen MR) is 125 cm³/mol. The lowest BCUT2D eigenvalue weighted by Crippen LogP contribution is -2.42. The molecule has 2 fully saturated rings. The monoisotopic (exact) mass is 415 g/mol. The van der Waals surface area contributed by atoms with E-state index >= 15 is 0 Å². The number of piperidine rings is 1. The van der Waals surface area contributed by atoms with Gasteiger partial charge in [0.25, 0.3) is 0 Å². The standard InChI is InChI=1S/C26H33N5/c1-2-20-10-12-26(13-11-20)14-16-31(17-15-26)24-9-8-22(19-27-24)25-28-23(29-30-25)18-21-6-4-3-5-7-21/h3-9,19-20H,2,10-18H2,1H3,(H,28,29,30). The van der Waals surface area contributed by atoms with E-state index < -0.39 is 0 Å². The molecule has 0 atom stereocenters. The number of aromatic amines is 1. The first-order valence-electron chi connectivity index (χ1n) is 11.9. The van der Waals surface area contributed by atoms with Crippen LogP contribution in [-0.4, -0.2) is 33.3 Å². The minimum atomic E-state index is 0.607. The van der Waals surface area contributed by atoms with Gasteiger partial charge in [0.1, 0.15) is 11.6 Å². The van der Waals surface area contributed by atoms with Crippen LogP contribution in [0.3, 0.4) is 0 Å². The first kappa shape index (κ1) is 20.2. The molecule has 5 nitrogen and oxygen atoms in total. The second-order valence-corrected chi connectivity index (χ2v) is 9.51. The van der Waals surface area contributed by atoms with Crippen LogP contribution in [-0.2, 0) is 6.42 Å². The maximum Gasteiger partial charge on any atom is 0.182 e. The lowest BCUT2D eigenvalue weighted by atomic mass is 9.65. The molecule has 3 aromatic rings. The van der Waals surface area contributed by atoms with Crippen LogP contribution in [0.25, 0.3) is 11.4 Å². The van der Waals surface area contributed by atoms with Crippen molar-refractivity contribution in [3.8, 4) is 11.4 Å². The average Bonchev–Trinajstić information content (AvgIpc) is 3.29. The van der Waals surface area contributed by atoms with Crippen LogP contribution in [0.15, 0.2) is 48.7 Å². The highest BCUT2D eigenvalue weighted by Gasteiger charge is 2.37. The Bertz CT molecular complexity index is 961. The minimum absolute atomic E-state index is 0.607. The number of aromatic nitrogens is 4. The molecule has 1 spiro atoms. The Kier molecular flexibility index (Phi) is 5.75. The molecule has 0 bridgehead atoms. The van der Waals surface area contributed by atoms with E-state index in [1.807, 2.05) is 24.4 Å². The largest absolute Gasteiger partial charge is 0.357 e. The van der Waals surface area contributed by atoms with Gasteiger partial charge in [-0.3, -0.25) is 5.10 Å². The van der Waals surface area contributed by atoms with Crippen molar-refractivity contribution in [2.75, 3.05) is 18.0 Å². The molecule has 1 aliphatic heterocycles. The lowest BCUT2D eigenvalue weighted by Gasteiger charge is -2.46. The van der Waals surface area contributed by atoms with Crippen LogP contribution in [0.5, 0.6) is 0 Å². The van der Waals surface area contributed by atoms with Gasteiger partial charge in [0, 0.05) is 31.3 Å². The molecule has 0 amide bonds. The minimum Gasteiger partial charge on any atom is -0.357 e. The number of H-pyrrole nitrogens is 1. The number of pyridine rings is 1. The molecule has 162 valence electrons. The summed E-state index contributed by atoms with van der Waals surface area (Å²) in [5.74, 6) is 3.65. The van der Waals surface area contributed by atoms with Gasteiger partial charge in [-0.05, 0) is 67.6 Å². The van der Waals surface area contributed by atoms with Gasteiger partial charge in [-0.2, -0.15) is 5.10 Å². The summed E-state index contributed by atoms with van der Waals surface area (Å²) in [7, 11) is 0. The van der Waals surface area contributed by atoms with Crippen LogP contribution in [0, 0.1) is 11.3 Å². The van der Waals surface area contributed by atoms with Gasteiger partial charge >= 0.3 is 0 Å². The number of anilines is 1. The zero-order chi connectivity index (χ0) is 21.1. The Morgan fingerprint density at radius 2 is 1.77 bits per heavy atom. The maximum atomic E-state index is 4.76. The highest BCUT2D eigenvalue weighted by molar-refractivity contribution is 5.56. The van der Waals surface area contributed by atoms with Crippen LogP contribution < -0.4 is 4.90 Å².